The number of carbonyl (C=O) groups is 1. The molecule has 5 heteroatoms. The van der Waals surface area contributed by atoms with Crippen LogP contribution in [0.3, 0.4) is 0 Å². The minimum Gasteiger partial charge on any atom is -0.489 e. The van der Waals surface area contributed by atoms with Crippen molar-refractivity contribution >= 4 is 18.3 Å². The van der Waals surface area contributed by atoms with Gasteiger partial charge in [0, 0.05) is 12.5 Å². The molecule has 2 aromatic carbocycles. The molecule has 0 fully saturated rings. The summed E-state index contributed by atoms with van der Waals surface area (Å²) < 4.78 is 5.81. The smallest absolute Gasteiger partial charge is 0.224 e. The van der Waals surface area contributed by atoms with Crippen molar-refractivity contribution in [3.05, 3.63) is 65.2 Å². The molecular formula is C20H27ClN2O2. The number of amides is 1. The lowest BCUT2D eigenvalue weighted by Crippen LogP contribution is -2.34. The molecule has 4 nitrogen and oxygen atoms in total. The van der Waals surface area contributed by atoms with Gasteiger partial charge in [-0.25, -0.2) is 0 Å². The number of benzene rings is 2. The normalized spacial score (nSPS) is 12.6. The van der Waals surface area contributed by atoms with Crippen molar-refractivity contribution < 1.29 is 9.53 Å². The minimum absolute atomic E-state index is 0. The van der Waals surface area contributed by atoms with Crippen molar-refractivity contribution in [1.29, 1.82) is 0 Å². The van der Waals surface area contributed by atoms with Crippen molar-refractivity contribution in [2.75, 3.05) is 6.54 Å². The Hall–Kier alpha value is -2.04. The van der Waals surface area contributed by atoms with E-state index in [4.69, 9.17) is 10.5 Å². The van der Waals surface area contributed by atoms with E-state index in [2.05, 4.69) is 30.4 Å². The molecule has 0 spiro atoms. The SMILES string of the molecule is Cc1cccc(COc2ccc(C(C)NC(=O)C(C)CN)cc2)c1.Cl. The summed E-state index contributed by atoms with van der Waals surface area (Å²) in [5.41, 5.74) is 8.93. The minimum atomic E-state index is -0.176. The molecule has 0 aliphatic rings. The van der Waals surface area contributed by atoms with Gasteiger partial charge >= 0.3 is 0 Å². The first-order valence-corrected chi connectivity index (χ1v) is 8.28. The van der Waals surface area contributed by atoms with E-state index in [0.29, 0.717) is 13.2 Å². The molecule has 0 heterocycles. The number of nitrogens with two attached hydrogens (primary N) is 1. The molecule has 0 aromatic heterocycles. The van der Waals surface area contributed by atoms with E-state index in [9.17, 15) is 4.79 Å². The molecule has 2 unspecified atom stereocenters. The third-order valence-electron chi connectivity index (χ3n) is 4.03. The number of aryl methyl sites for hydroxylation is 1. The number of ether oxygens (including phenoxy) is 1. The quantitative estimate of drug-likeness (QED) is 0.788. The van der Waals surface area contributed by atoms with E-state index >= 15 is 0 Å². The first-order chi connectivity index (χ1) is 11.5. The summed E-state index contributed by atoms with van der Waals surface area (Å²) in [7, 11) is 0. The number of rotatable bonds is 7. The van der Waals surface area contributed by atoms with Crippen LogP contribution < -0.4 is 15.8 Å². The fourth-order valence-corrected chi connectivity index (χ4v) is 2.37. The Balaban J connectivity index is 0.00000312. The predicted octanol–water partition coefficient (Wildman–Crippen LogP) is 3.77. The van der Waals surface area contributed by atoms with Crippen LogP contribution in [0.1, 0.15) is 36.6 Å². The highest BCUT2D eigenvalue weighted by Gasteiger charge is 2.14. The first kappa shape index (κ1) is 21.0. The van der Waals surface area contributed by atoms with Gasteiger partial charge in [-0.1, -0.05) is 48.9 Å². The molecule has 0 aliphatic carbocycles. The van der Waals surface area contributed by atoms with Gasteiger partial charge in [-0.05, 0) is 37.1 Å². The summed E-state index contributed by atoms with van der Waals surface area (Å²) in [5.74, 6) is 0.614. The summed E-state index contributed by atoms with van der Waals surface area (Å²) in [4.78, 5) is 11.9. The van der Waals surface area contributed by atoms with E-state index < -0.39 is 0 Å². The second kappa shape index (κ2) is 10.1. The summed E-state index contributed by atoms with van der Waals surface area (Å²) in [5, 5.41) is 2.97. The molecule has 2 rings (SSSR count). The number of carbonyl (C=O) groups excluding carboxylic acids is 1. The van der Waals surface area contributed by atoms with E-state index in [1.54, 1.807) is 0 Å². The second-order valence-electron chi connectivity index (χ2n) is 6.21. The summed E-state index contributed by atoms with van der Waals surface area (Å²) in [6.45, 7) is 6.75. The Kier molecular flexibility index (Phi) is 8.46. The van der Waals surface area contributed by atoms with Crippen LogP contribution in [0.4, 0.5) is 0 Å². The van der Waals surface area contributed by atoms with Gasteiger partial charge in [0.1, 0.15) is 12.4 Å². The van der Waals surface area contributed by atoms with Gasteiger partial charge in [-0.15, -0.1) is 12.4 Å². The van der Waals surface area contributed by atoms with Crippen LogP contribution in [-0.2, 0) is 11.4 Å². The topological polar surface area (TPSA) is 64.3 Å². The summed E-state index contributed by atoms with van der Waals surface area (Å²) in [6.07, 6.45) is 0. The van der Waals surface area contributed by atoms with Crippen LogP contribution in [0, 0.1) is 12.8 Å². The van der Waals surface area contributed by atoms with Crippen LogP contribution >= 0.6 is 12.4 Å². The van der Waals surface area contributed by atoms with E-state index in [1.165, 1.54) is 5.56 Å². The van der Waals surface area contributed by atoms with Gasteiger partial charge in [-0.2, -0.15) is 0 Å². The summed E-state index contributed by atoms with van der Waals surface area (Å²) >= 11 is 0. The molecule has 0 radical (unpaired) electrons. The zero-order valence-corrected chi connectivity index (χ0v) is 15.8. The molecule has 0 saturated heterocycles. The molecule has 0 aliphatic heterocycles. The third-order valence-corrected chi connectivity index (χ3v) is 4.03. The van der Waals surface area contributed by atoms with Gasteiger partial charge in [0.05, 0.1) is 6.04 Å². The van der Waals surface area contributed by atoms with Crippen LogP contribution in [0.15, 0.2) is 48.5 Å². The second-order valence-corrected chi connectivity index (χ2v) is 6.21. The molecule has 0 bridgehead atoms. The van der Waals surface area contributed by atoms with Gasteiger partial charge in [-0.3, -0.25) is 4.79 Å². The Morgan fingerprint density at radius 1 is 1.16 bits per heavy atom. The van der Waals surface area contributed by atoms with Gasteiger partial charge in [0.25, 0.3) is 0 Å². The number of halogens is 1. The van der Waals surface area contributed by atoms with Crippen LogP contribution in [0.2, 0.25) is 0 Å². The maximum atomic E-state index is 11.9. The highest BCUT2D eigenvalue weighted by atomic mass is 35.5. The third kappa shape index (κ3) is 6.40. The van der Waals surface area contributed by atoms with E-state index in [0.717, 1.165) is 16.9 Å². The highest BCUT2D eigenvalue weighted by Crippen LogP contribution is 2.19. The lowest BCUT2D eigenvalue weighted by atomic mass is 10.1. The molecule has 3 N–H and O–H groups in total. The van der Waals surface area contributed by atoms with Crippen LogP contribution in [0.5, 0.6) is 5.75 Å². The van der Waals surface area contributed by atoms with Crippen molar-refractivity contribution in [3.63, 3.8) is 0 Å². The number of nitrogens with one attached hydrogen (secondary N) is 1. The maximum absolute atomic E-state index is 11.9. The van der Waals surface area contributed by atoms with Crippen LogP contribution in [0.25, 0.3) is 0 Å². The largest absolute Gasteiger partial charge is 0.489 e. The lowest BCUT2D eigenvalue weighted by molar-refractivity contribution is -0.124. The van der Waals surface area contributed by atoms with Crippen molar-refractivity contribution in [2.45, 2.75) is 33.4 Å². The highest BCUT2D eigenvalue weighted by molar-refractivity contribution is 5.85. The Morgan fingerprint density at radius 3 is 2.44 bits per heavy atom. The van der Waals surface area contributed by atoms with E-state index in [-0.39, 0.29) is 30.3 Å². The zero-order chi connectivity index (χ0) is 17.5. The predicted molar refractivity (Wildman–Crippen MR) is 104 cm³/mol. The average molecular weight is 363 g/mol. The Bertz CT molecular complexity index is 674. The number of hydrogen-bond donors (Lipinski definition) is 2. The molecule has 0 saturated carbocycles. The molecule has 136 valence electrons. The van der Waals surface area contributed by atoms with Gasteiger partial charge < -0.3 is 15.8 Å². The molecular weight excluding hydrogens is 336 g/mol. The maximum Gasteiger partial charge on any atom is 0.224 e. The van der Waals surface area contributed by atoms with E-state index in [1.807, 2.05) is 44.2 Å². The van der Waals surface area contributed by atoms with Crippen molar-refractivity contribution in [3.8, 4) is 5.75 Å². The van der Waals surface area contributed by atoms with Crippen molar-refractivity contribution in [2.24, 2.45) is 11.7 Å². The standard InChI is InChI=1S/C20H26N2O2.ClH/c1-14-5-4-6-17(11-14)13-24-19-9-7-18(8-10-19)16(3)22-20(23)15(2)12-21;/h4-11,15-16H,12-13,21H2,1-3H3,(H,22,23);1H. The summed E-state index contributed by atoms with van der Waals surface area (Å²) in [6, 6.07) is 16.0. The molecule has 25 heavy (non-hydrogen) atoms. The fraction of sp³-hybridized carbons (Fsp3) is 0.350. The van der Waals surface area contributed by atoms with Gasteiger partial charge in [0.15, 0.2) is 0 Å². The molecule has 2 atom stereocenters. The van der Waals surface area contributed by atoms with Crippen LogP contribution in [-0.4, -0.2) is 12.5 Å². The monoisotopic (exact) mass is 362 g/mol. The zero-order valence-electron chi connectivity index (χ0n) is 15.0. The van der Waals surface area contributed by atoms with Crippen molar-refractivity contribution in [1.82, 2.24) is 5.32 Å². The van der Waals surface area contributed by atoms with Gasteiger partial charge in [0.2, 0.25) is 5.91 Å². The Labute approximate surface area is 156 Å². The average Bonchev–Trinajstić information content (AvgIpc) is 2.59. The Morgan fingerprint density at radius 2 is 1.84 bits per heavy atom. The first-order valence-electron chi connectivity index (χ1n) is 8.28. The molecule has 2 aromatic rings. The lowest BCUT2D eigenvalue weighted by Gasteiger charge is -2.17. The number of hydrogen-bond acceptors (Lipinski definition) is 3. The molecule has 1 amide bonds. The fourth-order valence-electron chi connectivity index (χ4n) is 2.37.